The first-order valence-corrected chi connectivity index (χ1v) is 5.31. The van der Waals surface area contributed by atoms with E-state index in [0.717, 1.165) is 26.7 Å². The minimum Gasteiger partial charge on any atom is -0.486 e. The Labute approximate surface area is 85.3 Å². The van der Waals surface area contributed by atoms with Crippen LogP contribution in [0.5, 0.6) is 11.5 Å². The molecule has 0 aliphatic carbocycles. The van der Waals surface area contributed by atoms with Crippen molar-refractivity contribution in [3.8, 4) is 11.5 Å². The van der Waals surface area contributed by atoms with Crippen molar-refractivity contribution < 1.29 is 9.47 Å². The van der Waals surface area contributed by atoms with Crippen molar-refractivity contribution in [3.05, 3.63) is 17.1 Å². The van der Waals surface area contributed by atoms with E-state index in [1.165, 1.54) is 0 Å². The molecule has 0 amide bonds. The van der Waals surface area contributed by atoms with Crippen LogP contribution >= 0.6 is 11.3 Å². The van der Waals surface area contributed by atoms with Gasteiger partial charge in [-0.1, -0.05) is 0 Å². The Kier molecular flexibility index (Phi) is 1.64. The maximum absolute atomic E-state index is 5.49. The highest BCUT2D eigenvalue weighted by molar-refractivity contribution is 7.18. The fourth-order valence-corrected chi connectivity index (χ4v) is 2.42. The number of thiazole rings is 1. The van der Waals surface area contributed by atoms with Gasteiger partial charge >= 0.3 is 0 Å². The molecule has 1 aliphatic heterocycles. The van der Waals surface area contributed by atoms with Crippen LogP contribution in [0, 0.1) is 6.92 Å². The number of fused-ring (bicyclic) bond motifs is 2. The molecule has 0 atom stereocenters. The van der Waals surface area contributed by atoms with Crippen molar-refractivity contribution in [2.24, 2.45) is 0 Å². The molecule has 4 heteroatoms. The van der Waals surface area contributed by atoms with Gasteiger partial charge in [-0.25, -0.2) is 4.98 Å². The van der Waals surface area contributed by atoms with Crippen molar-refractivity contribution in [2.75, 3.05) is 13.2 Å². The molecule has 1 aliphatic rings. The summed E-state index contributed by atoms with van der Waals surface area (Å²) >= 11 is 1.68. The Balaban J connectivity index is 2.26. The van der Waals surface area contributed by atoms with Gasteiger partial charge in [0.25, 0.3) is 0 Å². The first-order valence-electron chi connectivity index (χ1n) is 4.50. The highest BCUT2D eigenvalue weighted by Gasteiger charge is 2.14. The summed E-state index contributed by atoms with van der Waals surface area (Å²) in [5.41, 5.74) is 0.997. The maximum Gasteiger partial charge on any atom is 0.163 e. The van der Waals surface area contributed by atoms with Gasteiger partial charge < -0.3 is 9.47 Å². The van der Waals surface area contributed by atoms with E-state index in [4.69, 9.17) is 9.47 Å². The number of hydrogen-bond donors (Lipinski definition) is 0. The summed E-state index contributed by atoms with van der Waals surface area (Å²) in [6, 6.07) is 3.96. The molecule has 2 heterocycles. The lowest BCUT2D eigenvalue weighted by atomic mass is 10.3. The summed E-state index contributed by atoms with van der Waals surface area (Å²) in [6.07, 6.45) is 0. The fourth-order valence-electron chi connectivity index (χ4n) is 1.58. The normalized spacial score (nSPS) is 14.6. The number of aromatic nitrogens is 1. The molecule has 2 aromatic rings. The van der Waals surface area contributed by atoms with E-state index in [-0.39, 0.29) is 0 Å². The molecule has 1 aromatic carbocycles. The zero-order valence-corrected chi connectivity index (χ0v) is 8.56. The van der Waals surface area contributed by atoms with Gasteiger partial charge in [0.1, 0.15) is 13.2 Å². The summed E-state index contributed by atoms with van der Waals surface area (Å²) in [4.78, 5) is 4.40. The third-order valence-electron chi connectivity index (χ3n) is 2.16. The number of ether oxygens (including phenoxy) is 2. The first kappa shape index (κ1) is 8.05. The van der Waals surface area contributed by atoms with Crippen LogP contribution in [-0.4, -0.2) is 18.2 Å². The highest BCUT2D eigenvalue weighted by Crippen LogP contribution is 2.36. The van der Waals surface area contributed by atoms with E-state index in [2.05, 4.69) is 4.98 Å². The average Bonchev–Trinajstić information content (AvgIpc) is 2.53. The standard InChI is InChI=1S/C10H9NO2S/c1-6-11-7-4-8-9(5-10(7)14-6)13-3-2-12-8/h4-5H,2-3H2,1H3. The predicted molar refractivity (Wildman–Crippen MR) is 55.3 cm³/mol. The van der Waals surface area contributed by atoms with Crippen molar-refractivity contribution in [1.29, 1.82) is 0 Å². The van der Waals surface area contributed by atoms with Crippen LogP contribution in [0.25, 0.3) is 10.2 Å². The van der Waals surface area contributed by atoms with E-state index < -0.39 is 0 Å². The van der Waals surface area contributed by atoms with E-state index in [1.807, 2.05) is 19.1 Å². The van der Waals surface area contributed by atoms with E-state index in [0.29, 0.717) is 13.2 Å². The molecule has 3 rings (SSSR count). The molecular formula is C10H9NO2S. The van der Waals surface area contributed by atoms with Crippen LogP contribution in [-0.2, 0) is 0 Å². The smallest absolute Gasteiger partial charge is 0.163 e. The number of hydrogen-bond acceptors (Lipinski definition) is 4. The number of aryl methyl sites for hydroxylation is 1. The Morgan fingerprint density at radius 3 is 2.71 bits per heavy atom. The van der Waals surface area contributed by atoms with Crippen LogP contribution in [0.3, 0.4) is 0 Å². The quantitative estimate of drug-likeness (QED) is 0.664. The third kappa shape index (κ3) is 1.14. The topological polar surface area (TPSA) is 31.4 Å². The van der Waals surface area contributed by atoms with Gasteiger partial charge in [0.15, 0.2) is 11.5 Å². The zero-order chi connectivity index (χ0) is 9.54. The minimum absolute atomic E-state index is 0.627. The van der Waals surface area contributed by atoms with Crippen molar-refractivity contribution >= 4 is 21.6 Å². The van der Waals surface area contributed by atoms with Crippen LogP contribution in [0.1, 0.15) is 5.01 Å². The fraction of sp³-hybridized carbons (Fsp3) is 0.300. The van der Waals surface area contributed by atoms with Gasteiger partial charge in [0, 0.05) is 12.1 Å². The Morgan fingerprint density at radius 1 is 1.21 bits per heavy atom. The second kappa shape index (κ2) is 2.85. The maximum atomic E-state index is 5.49. The van der Waals surface area contributed by atoms with Crippen LogP contribution in [0.15, 0.2) is 12.1 Å². The Morgan fingerprint density at radius 2 is 1.93 bits per heavy atom. The molecule has 0 N–H and O–H groups in total. The van der Waals surface area contributed by atoms with E-state index in [1.54, 1.807) is 11.3 Å². The van der Waals surface area contributed by atoms with Gasteiger partial charge in [-0.15, -0.1) is 11.3 Å². The number of nitrogens with zero attached hydrogens (tertiary/aromatic N) is 1. The summed E-state index contributed by atoms with van der Waals surface area (Å²) in [5.74, 6) is 1.65. The lowest BCUT2D eigenvalue weighted by molar-refractivity contribution is 0.172. The molecular weight excluding hydrogens is 198 g/mol. The first-order chi connectivity index (χ1) is 6.83. The number of rotatable bonds is 0. The van der Waals surface area contributed by atoms with E-state index in [9.17, 15) is 0 Å². The van der Waals surface area contributed by atoms with Gasteiger partial charge in [0.05, 0.1) is 15.2 Å². The Hall–Kier alpha value is -1.29. The van der Waals surface area contributed by atoms with Crippen molar-refractivity contribution in [3.63, 3.8) is 0 Å². The molecule has 3 nitrogen and oxygen atoms in total. The molecule has 0 saturated carbocycles. The van der Waals surface area contributed by atoms with Gasteiger partial charge in [0.2, 0.25) is 0 Å². The van der Waals surface area contributed by atoms with Crippen molar-refractivity contribution in [2.45, 2.75) is 6.92 Å². The summed E-state index contributed by atoms with van der Waals surface area (Å²) in [5, 5.41) is 1.07. The third-order valence-corrected chi connectivity index (χ3v) is 3.09. The monoisotopic (exact) mass is 207 g/mol. The summed E-state index contributed by atoms with van der Waals surface area (Å²) in [7, 11) is 0. The van der Waals surface area contributed by atoms with Crippen LogP contribution in [0.4, 0.5) is 0 Å². The lowest BCUT2D eigenvalue weighted by Crippen LogP contribution is -2.15. The second-order valence-electron chi connectivity index (χ2n) is 3.20. The van der Waals surface area contributed by atoms with E-state index >= 15 is 0 Å². The largest absolute Gasteiger partial charge is 0.486 e. The molecule has 72 valence electrons. The van der Waals surface area contributed by atoms with Gasteiger partial charge in [-0.05, 0) is 6.92 Å². The molecule has 0 bridgehead atoms. The number of benzene rings is 1. The molecule has 0 radical (unpaired) electrons. The van der Waals surface area contributed by atoms with Gasteiger partial charge in [-0.3, -0.25) is 0 Å². The molecule has 0 saturated heterocycles. The summed E-state index contributed by atoms with van der Waals surface area (Å²) < 4.78 is 12.1. The highest BCUT2D eigenvalue weighted by atomic mass is 32.1. The lowest BCUT2D eigenvalue weighted by Gasteiger charge is -2.17. The van der Waals surface area contributed by atoms with Crippen molar-refractivity contribution in [1.82, 2.24) is 4.98 Å². The predicted octanol–water partition coefficient (Wildman–Crippen LogP) is 2.38. The van der Waals surface area contributed by atoms with Gasteiger partial charge in [-0.2, -0.15) is 0 Å². The SMILES string of the molecule is Cc1nc2cc3c(cc2s1)OCCO3. The summed E-state index contributed by atoms with van der Waals surface area (Å²) in [6.45, 7) is 3.27. The molecule has 0 unspecified atom stereocenters. The Bertz CT molecular complexity index is 449. The minimum atomic E-state index is 0.627. The molecule has 0 fully saturated rings. The van der Waals surface area contributed by atoms with Crippen LogP contribution < -0.4 is 9.47 Å². The molecule has 0 spiro atoms. The zero-order valence-electron chi connectivity index (χ0n) is 7.74. The molecule has 1 aromatic heterocycles. The van der Waals surface area contributed by atoms with Crippen LogP contribution in [0.2, 0.25) is 0 Å². The average molecular weight is 207 g/mol. The second-order valence-corrected chi connectivity index (χ2v) is 4.43. The molecule has 14 heavy (non-hydrogen) atoms.